The SMILES string of the molecule is Cc1ccccc1OCCCN(C)C(=O)[C@H]1CCN[C@@H](C)C1.Cl. The number of nitrogens with zero attached hydrogens (tertiary/aromatic N) is 1. The molecule has 0 radical (unpaired) electrons. The Hall–Kier alpha value is -1.26. The number of rotatable bonds is 6. The van der Waals surface area contributed by atoms with Crippen LogP contribution in [0.1, 0.15) is 31.7 Å². The number of aryl methyl sites for hydroxylation is 1. The third kappa shape index (κ3) is 6.04. The largest absolute Gasteiger partial charge is 0.493 e. The van der Waals surface area contributed by atoms with Gasteiger partial charge in [0, 0.05) is 25.6 Å². The van der Waals surface area contributed by atoms with Gasteiger partial charge in [0.05, 0.1) is 6.61 Å². The molecule has 1 saturated heterocycles. The number of hydrogen-bond donors (Lipinski definition) is 1. The average molecular weight is 341 g/mol. The molecule has 1 aliphatic heterocycles. The van der Waals surface area contributed by atoms with Gasteiger partial charge in [0.15, 0.2) is 0 Å². The molecule has 2 rings (SSSR count). The fourth-order valence-corrected chi connectivity index (χ4v) is 2.98. The van der Waals surface area contributed by atoms with Crippen molar-refractivity contribution in [2.75, 3.05) is 26.7 Å². The Bertz CT molecular complexity index is 496. The van der Waals surface area contributed by atoms with Crippen LogP contribution in [0.25, 0.3) is 0 Å². The van der Waals surface area contributed by atoms with Crippen molar-refractivity contribution in [1.29, 1.82) is 0 Å². The Kier molecular flexibility index (Phi) is 8.42. The maximum atomic E-state index is 12.4. The van der Waals surface area contributed by atoms with Gasteiger partial charge in [0.25, 0.3) is 0 Å². The molecule has 0 aliphatic carbocycles. The Labute approximate surface area is 146 Å². The first-order valence-electron chi connectivity index (χ1n) is 8.24. The molecule has 1 aromatic carbocycles. The van der Waals surface area contributed by atoms with Gasteiger partial charge in [-0.3, -0.25) is 4.79 Å². The molecule has 1 aromatic rings. The zero-order valence-corrected chi connectivity index (χ0v) is 15.2. The number of carbonyl (C=O) groups is 1. The number of hydrogen-bond acceptors (Lipinski definition) is 3. The first kappa shape index (κ1) is 19.8. The first-order chi connectivity index (χ1) is 10.6. The lowest BCUT2D eigenvalue weighted by Crippen LogP contribution is -2.43. The van der Waals surface area contributed by atoms with E-state index in [9.17, 15) is 4.79 Å². The van der Waals surface area contributed by atoms with Crippen LogP contribution in [0.15, 0.2) is 24.3 Å². The van der Waals surface area contributed by atoms with Crippen molar-refractivity contribution in [3.05, 3.63) is 29.8 Å². The van der Waals surface area contributed by atoms with Crippen molar-refractivity contribution in [2.24, 2.45) is 5.92 Å². The minimum atomic E-state index is 0. The molecule has 1 amide bonds. The second-order valence-electron chi connectivity index (χ2n) is 6.30. The summed E-state index contributed by atoms with van der Waals surface area (Å²) in [5, 5.41) is 3.39. The highest BCUT2D eigenvalue weighted by Crippen LogP contribution is 2.19. The van der Waals surface area contributed by atoms with E-state index in [4.69, 9.17) is 4.74 Å². The predicted octanol–water partition coefficient (Wildman–Crippen LogP) is 3.03. The summed E-state index contributed by atoms with van der Waals surface area (Å²) in [7, 11) is 1.91. The molecule has 23 heavy (non-hydrogen) atoms. The molecular weight excluding hydrogens is 312 g/mol. The Morgan fingerprint density at radius 2 is 2.13 bits per heavy atom. The third-order valence-electron chi connectivity index (χ3n) is 4.34. The molecule has 1 N–H and O–H groups in total. The summed E-state index contributed by atoms with van der Waals surface area (Å²) in [6, 6.07) is 8.47. The molecule has 2 atom stereocenters. The highest BCUT2D eigenvalue weighted by molar-refractivity contribution is 5.85. The summed E-state index contributed by atoms with van der Waals surface area (Å²) < 4.78 is 5.78. The van der Waals surface area contributed by atoms with E-state index in [0.717, 1.165) is 43.7 Å². The fraction of sp³-hybridized carbons (Fsp3) is 0.611. The van der Waals surface area contributed by atoms with Gasteiger partial charge in [-0.25, -0.2) is 0 Å². The van der Waals surface area contributed by atoms with E-state index in [1.165, 1.54) is 0 Å². The van der Waals surface area contributed by atoms with Crippen LogP contribution in [0.3, 0.4) is 0 Å². The smallest absolute Gasteiger partial charge is 0.225 e. The summed E-state index contributed by atoms with van der Waals surface area (Å²) in [5.41, 5.74) is 1.15. The van der Waals surface area contributed by atoms with Gasteiger partial charge in [-0.15, -0.1) is 12.4 Å². The minimum Gasteiger partial charge on any atom is -0.493 e. The highest BCUT2D eigenvalue weighted by Gasteiger charge is 2.26. The molecule has 130 valence electrons. The quantitative estimate of drug-likeness (QED) is 0.809. The van der Waals surface area contributed by atoms with Crippen molar-refractivity contribution in [3.8, 4) is 5.75 Å². The van der Waals surface area contributed by atoms with E-state index in [1.54, 1.807) is 0 Å². The van der Waals surface area contributed by atoms with E-state index < -0.39 is 0 Å². The van der Waals surface area contributed by atoms with Gasteiger partial charge in [-0.05, 0) is 51.3 Å². The van der Waals surface area contributed by atoms with Crippen LogP contribution in [0.5, 0.6) is 5.75 Å². The number of amides is 1. The fourth-order valence-electron chi connectivity index (χ4n) is 2.98. The number of ether oxygens (including phenoxy) is 1. The van der Waals surface area contributed by atoms with Crippen molar-refractivity contribution < 1.29 is 9.53 Å². The van der Waals surface area contributed by atoms with Gasteiger partial charge >= 0.3 is 0 Å². The zero-order chi connectivity index (χ0) is 15.9. The standard InChI is InChI=1S/C18H28N2O2.ClH/c1-14-7-4-5-8-17(14)22-12-6-11-20(3)18(21)16-9-10-19-15(2)13-16;/h4-5,7-8,15-16,19H,6,9-13H2,1-3H3;1H/t15-,16-;/m0./s1. The Balaban J connectivity index is 0.00000264. The topological polar surface area (TPSA) is 41.6 Å². The van der Waals surface area contributed by atoms with E-state index in [2.05, 4.69) is 12.2 Å². The number of carbonyl (C=O) groups excluding carboxylic acids is 1. The van der Waals surface area contributed by atoms with Gasteiger partial charge in [-0.1, -0.05) is 18.2 Å². The van der Waals surface area contributed by atoms with E-state index in [1.807, 2.05) is 43.1 Å². The van der Waals surface area contributed by atoms with E-state index in [-0.39, 0.29) is 24.2 Å². The monoisotopic (exact) mass is 340 g/mol. The van der Waals surface area contributed by atoms with Crippen LogP contribution in [0.4, 0.5) is 0 Å². The van der Waals surface area contributed by atoms with Gasteiger partial charge in [-0.2, -0.15) is 0 Å². The van der Waals surface area contributed by atoms with Gasteiger partial charge < -0.3 is 15.0 Å². The lowest BCUT2D eigenvalue weighted by Gasteiger charge is -2.30. The molecule has 0 saturated carbocycles. The summed E-state index contributed by atoms with van der Waals surface area (Å²) in [6.45, 7) is 6.54. The number of piperidine rings is 1. The third-order valence-corrected chi connectivity index (χ3v) is 4.34. The lowest BCUT2D eigenvalue weighted by molar-refractivity contribution is -0.135. The Morgan fingerprint density at radius 3 is 2.83 bits per heavy atom. The molecule has 1 aliphatic rings. The Morgan fingerprint density at radius 1 is 1.39 bits per heavy atom. The van der Waals surface area contributed by atoms with Crippen LogP contribution >= 0.6 is 12.4 Å². The van der Waals surface area contributed by atoms with Crippen LogP contribution in [-0.2, 0) is 4.79 Å². The molecule has 5 heteroatoms. The average Bonchev–Trinajstić information content (AvgIpc) is 2.52. The summed E-state index contributed by atoms with van der Waals surface area (Å²) in [5.74, 6) is 1.39. The normalized spacial score (nSPS) is 20.5. The van der Waals surface area contributed by atoms with Gasteiger partial charge in [0.1, 0.15) is 5.75 Å². The van der Waals surface area contributed by atoms with Crippen LogP contribution in [0.2, 0.25) is 0 Å². The second kappa shape index (κ2) is 9.78. The number of benzene rings is 1. The molecule has 0 bridgehead atoms. The summed E-state index contributed by atoms with van der Waals surface area (Å²) in [4.78, 5) is 14.3. The zero-order valence-electron chi connectivity index (χ0n) is 14.4. The van der Waals surface area contributed by atoms with Crippen molar-refractivity contribution in [3.63, 3.8) is 0 Å². The molecular formula is C18H29ClN2O2. The van der Waals surface area contributed by atoms with E-state index >= 15 is 0 Å². The van der Waals surface area contributed by atoms with Crippen LogP contribution in [-0.4, -0.2) is 43.6 Å². The summed E-state index contributed by atoms with van der Waals surface area (Å²) >= 11 is 0. The number of nitrogens with one attached hydrogen (secondary N) is 1. The van der Waals surface area contributed by atoms with Crippen molar-refractivity contribution in [1.82, 2.24) is 10.2 Å². The van der Waals surface area contributed by atoms with Gasteiger partial charge in [0.2, 0.25) is 5.91 Å². The second-order valence-corrected chi connectivity index (χ2v) is 6.30. The number of para-hydroxylation sites is 1. The minimum absolute atomic E-state index is 0. The van der Waals surface area contributed by atoms with Crippen molar-refractivity contribution in [2.45, 2.75) is 39.2 Å². The lowest BCUT2D eigenvalue weighted by atomic mass is 9.92. The maximum absolute atomic E-state index is 12.4. The highest BCUT2D eigenvalue weighted by atomic mass is 35.5. The molecule has 4 nitrogen and oxygen atoms in total. The number of halogens is 1. The molecule has 0 aromatic heterocycles. The molecule has 1 fully saturated rings. The maximum Gasteiger partial charge on any atom is 0.225 e. The molecule has 0 spiro atoms. The van der Waals surface area contributed by atoms with Crippen molar-refractivity contribution >= 4 is 18.3 Å². The van der Waals surface area contributed by atoms with Crippen LogP contribution < -0.4 is 10.1 Å². The molecule has 1 heterocycles. The molecule has 0 unspecified atom stereocenters. The van der Waals surface area contributed by atoms with Crippen LogP contribution in [0, 0.1) is 12.8 Å². The first-order valence-corrected chi connectivity index (χ1v) is 8.24. The predicted molar refractivity (Wildman–Crippen MR) is 96.4 cm³/mol. The summed E-state index contributed by atoms with van der Waals surface area (Å²) in [6.07, 6.45) is 2.76. The van der Waals surface area contributed by atoms with E-state index in [0.29, 0.717) is 12.6 Å².